The molecular formula is C18H27N3O3. The fourth-order valence-electron chi connectivity index (χ4n) is 3.77. The molecule has 1 aromatic rings. The lowest BCUT2D eigenvalue weighted by molar-refractivity contribution is -0.137. The highest BCUT2D eigenvalue weighted by atomic mass is 16.3. The third-order valence-electron chi connectivity index (χ3n) is 5.39. The normalized spacial score (nSPS) is 23.0. The Morgan fingerprint density at radius 2 is 2.12 bits per heavy atom. The van der Waals surface area contributed by atoms with E-state index in [0.29, 0.717) is 25.6 Å². The third kappa shape index (κ3) is 3.64. The fourth-order valence-corrected chi connectivity index (χ4v) is 3.77. The predicted octanol–water partition coefficient (Wildman–Crippen LogP) is 1.57. The summed E-state index contributed by atoms with van der Waals surface area (Å²) in [4.78, 5) is 31.0. The first-order chi connectivity index (χ1) is 11.6. The van der Waals surface area contributed by atoms with Gasteiger partial charge in [0.25, 0.3) is 0 Å². The van der Waals surface area contributed by atoms with Crippen molar-refractivity contribution >= 4 is 11.8 Å². The molecule has 6 nitrogen and oxygen atoms in total. The molecule has 24 heavy (non-hydrogen) atoms. The van der Waals surface area contributed by atoms with E-state index in [1.807, 2.05) is 24.1 Å². The maximum absolute atomic E-state index is 12.8. The van der Waals surface area contributed by atoms with Gasteiger partial charge in [0, 0.05) is 39.1 Å². The van der Waals surface area contributed by atoms with Crippen molar-refractivity contribution in [2.45, 2.75) is 38.8 Å². The Morgan fingerprint density at radius 1 is 1.38 bits per heavy atom. The minimum absolute atomic E-state index is 0.0407. The zero-order valence-corrected chi connectivity index (χ0v) is 14.6. The molecule has 0 bridgehead atoms. The van der Waals surface area contributed by atoms with Gasteiger partial charge in [-0.05, 0) is 31.5 Å². The van der Waals surface area contributed by atoms with Gasteiger partial charge in [0.2, 0.25) is 11.8 Å². The fraction of sp³-hybridized carbons (Fsp3) is 0.667. The number of rotatable bonds is 5. The highest BCUT2D eigenvalue weighted by Crippen LogP contribution is 2.24. The minimum Gasteiger partial charge on any atom is -0.467 e. The van der Waals surface area contributed by atoms with E-state index in [4.69, 9.17) is 4.42 Å². The maximum atomic E-state index is 12.8. The van der Waals surface area contributed by atoms with E-state index >= 15 is 0 Å². The van der Waals surface area contributed by atoms with Crippen molar-refractivity contribution in [3.63, 3.8) is 0 Å². The molecule has 2 amide bonds. The number of amides is 2. The van der Waals surface area contributed by atoms with Gasteiger partial charge in [-0.25, -0.2) is 0 Å². The molecule has 1 aromatic heterocycles. The van der Waals surface area contributed by atoms with Gasteiger partial charge in [-0.2, -0.15) is 0 Å². The van der Waals surface area contributed by atoms with E-state index in [2.05, 4.69) is 11.8 Å². The number of nitrogens with zero attached hydrogens (tertiary/aromatic N) is 3. The Balaban J connectivity index is 1.54. The molecule has 3 heterocycles. The van der Waals surface area contributed by atoms with Crippen LogP contribution in [0.2, 0.25) is 0 Å². The Morgan fingerprint density at radius 3 is 2.75 bits per heavy atom. The van der Waals surface area contributed by atoms with Gasteiger partial charge in [0.15, 0.2) is 0 Å². The largest absolute Gasteiger partial charge is 0.467 e. The van der Waals surface area contributed by atoms with Gasteiger partial charge in [-0.3, -0.25) is 9.59 Å². The van der Waals surface area contributed by atoms with Gasteiger partial charge in [0.1, 0.15) is 5.76 Å². The molecule has 0 spiro atoms. The summed E-state index contributed by atoms with van der Waals surface area (Å²) in [6, 6.07) is 3.97. The van der Waals surface area contributed by atoms with Gasteiger partial charge in [0.05, 0.1) is 18.7 Å². The van der Waals surface area contributed by atoms with Crippen LogP contribution in [0.25, 0.3) is 0 Å². The first-order valence-corrected chi connectivity index (χ1v) is 8.87. The molecule has 2 saturated heterocycles. The molecule has 0 saturated carbocycles. The predicted molar refractivity (Wildman–Crippen MR) is 90.1 cm³/mol. The summed E-state index contributed by atoms with van der Waals surface area (Å²) in [5.74, 6) is 0.692. The molecule has 2 aliphatic rings. The molecule has 132 valence electrons. The van der Waals surface area contributed by atoms with Crippen molar-refractivity contribution in [2.75, 3.05) is 33.2 Å². The van der Waals surface area contributed by atoms with E-state index in [1.54, 1.807) is 11.2 Å². The lowest BCUT2D eigenvalue weighted by atomic mass is 10.0. The van der Waals surface area contributed by atoms with Crippen molar-refractivity contribution in [3.05, 3.63) is 24.2 Å². The average Bonchev–Trinajstić information content (AvgIpc) is 3.24. The summed E-state index contributed by atoms with van der Waals surface area (Å²) in [7, 11) is 1.90. The summed E-state index contributed by atoms with van der Waals surface area (Å²) < 4.78 is 5.31. The minimum atomic E-state index is -0.221. The monoisotopic (exact) mass is 333 g/mol. The topological polar surface area (TPSA) is 57.0 Å². The Labute approximate surface area is 143 Å². The Kier molecular flexibility index (Phi) is 5.23. The molecule has 1 atom stereocenters. The van der Waals surface area contributed by atoms with Crippen LogP contribution in [0.1, 0.15) is 31.9 Å². The van der Waals surface area contributed by atoms with Crippen molar-refractivity contribution < 1.29 is 14.0 Å². The smallest absolute Gasteiger partial charge is 0.227 e. The van der Waals surface area contributed by atoms with Crippen LogP contribution in [-0.2, 0) is 16.1 Å². The summed E-state index contributed by atoms with van der Waals surface area (Å²) in [6.45, 7) is 6.29. The van der Waals surface area contributed by atoms with Gasteiger partial charge < -0.3 is 19.1 Å². The SMILES string of the molecule is CCN1CCC(N(C)C(=O)C2CC(=O)N(Cc3ccco3)C2)CC1. The van der Waals surface area contributed by atoms with Gasteiger partial charge in [-0.15, -0.1) is 0 Å². The zero-order valence-electron chi connectivity index (χ0n) is 14.6. The number of piperidine rings is 1. The summed E-state index contributed by atoms with van der Waals surface area (Å²) in [5, 5.41) is 0. The second kappa shape index (κ2) is 7.38. The molecule has 2 fully saturated rings. The van der Waals surface area contributed by atoms with Crippen molar-refractivity contribution in [1.82, 2.24) is 14.7 Å². The van der Waals surface area contributed by atoms with Gasteiger partial charge in [-0.1, -0.05) is 6.92 Å². The number of furan rings is 1. The number of likely N-dealkylation sites (tertiary alicyclic amines) is 2. The molecule has 0 radical (unpaired) electrons. The molecule has 3 rings (SSSR count). The maximum Gasteiger partial charge on any atom is 0.227 e. The van der Waals surface area contributed by atoms with Crippen molar-refractivity contribution in [2.24, 2.45) is 5.92 Å². The van der Waals surface area contributed by atoms with E-state index in [9.17, 15) is 9.59 Å². The molecule has 1 unspecified atom stereocenters. The van der Waals surface area contributed by atoms with Gasteiger partial charge >= 0.3 is 0 Å². The van der Waals surface area contributed by atoms with E-state index in [-0.39, 0.29) is 17.7 Å². The standard InChI is InChI=1S/C18H27N3O3/c1-3-20-8-6-15(7-9-20)19(2)18(23)14-11-17(22)21(12-14)13-16-5-4-10-24-16/h4-5,10,14-15H,3,6-9,11-13H2,1-2H3. The Bertz CT molecular complexity index is 564. The summed E-state index contributed by atoms with van der Waals surface area (Å²) in [5.41, 5.74) is 0. The number of carbonyl (C=O) groups is 2. The van der Waals surface area contributed by atoms with Crippen LogP contribution >= 0.6 is 0 Å². The van der Waals surface area contributed by atoms with Crippen LogP contribution in [0.3, 0.4) is 0 Å². The lowest BCUT2D eigenvalue weighted by Gasteiger charge is -2.37. The van der Waals surface area contributed by atoms with E-state index in [0.717, 1.165) is 38.2 Å². The van der Waals surface area contributed by atoms with E-state index < -0.39 is 0 Å². The lowest BCUT2D eigenvalue weighted by Crippen LogP contribution is -2.47. The molecule has 6 heteroatoms. The third-order valence-corrected chi connectivity index (χ3v) is 5.39. The molecule has 2 aliphatic heterocycles. The summed E-state index contributed by atoms with van der Waals surface area (Å²) >= 11 is 0. The second-order valence-corrected chi connectivity index (χ2v) is 6.87. The van der Waals surface area contributed by atoms with Crippen LogP contribution in [0.5, 0.6) is 0 Å². The first-order valence-electron chi connectivity index (χ1n) is 8.87. The summed E-state index contributed by atoms with van der Waals surface area (Å²) in [6.07, 6.45) is 3.96. The molecule has 0 N–H and O–H groups in total. The van der Waals surface area contributed by atoms with Crippen LogP contribution in [0.4, 0.5) is 0 Å². The molecule has 0 aliphatic carbocycles. The van der Waals surface area contributed by atoms with Crippen LogP contribution in [0, 0.1) is 5.92 Å². The highest BCUT2D eigenvalue weighted by Gasteiger charge is 2.37. The van der Waals surface area contributed by atoms with Crippen LogP contribution < -0.4 is 0 Å². The van der Waals surface area contributed by atoms with Crippen LogP contribution in [0.15, 0.2) is 22.8 Å². The number of carbonyl (C=O) groups excluding carboxylic acids is 2. The van der Waals surface area contributed by atoms with Crippen LogP contribution in [-0.4, -0.2) is 65.8 Å². The number of hydrogen-bond donors (Lipinski definition) is 0. The quantitative estimate of drug-likeness (QED) is 0.821. The molecular weight excluding hydrogens is 306 g/mol. The second-order valence-electron chi connectivity index (χ2n) is 6.87. The van der Waals surface area contributed by atoms with E-state index in [1.165, 1.54) is 0 Å². The van der Waals surface area contributed by atoms with Crippen molar-refractivity contribution in [1.29, 1.82) is 0 Å². The average molecular weight is 333 g/mol. The first kappa shape index (κ1) is 17.0. The highest BCUT2D eigenvalue weighted by molar-refractivity contribution is 5.89. The zero-order chi connectivity index (χ0) is 17.1. The molecule has 0 aromatic carbocycles. The Hall–Kier alpha value is -1.82. The van der Waals surface area contributed by atoms with Crippen molar-refractivity contribution in [3.8, 4) is 0 Å². The number of hydrogen-bond acceptors (Lipinski definition) is 4.